The molecule has 2 heterocycles. The van der Waals surface area contributed by atoms with Gasteiger partial charge in [0.2, 0.25) is 0 Å². The van der Waals surface area contributed by atoms with Gasteiger partial charge in [0, 0.05) is 25.5 Å². The van der Waals surface area contributed by atoms with Crippen molar-refractivity contribution < 1.29 is 0 Å². The van der Waals surface area contributed by atoms with Crippen molar-refractivity contribution in [2.75, 3.05) is 6.54 Å². The summed E-state index contributed by atoms with van der Waals surface area (Å²) in [7, 11) is 1.95. The summed E-state index contributed by atoms with van der Waals surface area (Å²) in [5, 5.41) is 8.77. The van der Waals surface area contributed by atoms with Crippen LogP contribution in [0.3, 0.4) is 0 Å². The van der Waals surface area contributed by atoms with Gasteiger partial charge in [-0.05, 0) is 37.9 Å². The van der Waals surface area contributed by atoms with E-state index in [2.05, 4.69) is 54.2 Å². The number of aryl methyl sites for hydroxylation is 2. The molecule has 1 N–H and O–H groups in total. The van der Waals surface area contributed by atoms with Gasteiger partial charge in [0.05, 0.1) is 23.0 Å². The van der Waals surface area contributed by atoms with Gasteiger partial charge in [-0.3, -0.25) is 4.68 Å². The maximum Gasteiger partial charge on any atom is 0.0868 e. The van der Waals surface area contributed by atoms with Gasteiger partial charge < -0.3 is 9.88 Å². The summed E-state index contributed by atoms with van der Waals surface area (Å²) in [6, 6.07) is 2.54. The zero-order chi connectivity index (χ0) is 15.4. The fraction of sp³-hybridized carbons (Fsp3) is 0.562. The van der Waals surface area contributed by atoms with Crippen LogP contribution in [0.5, 0.6) is 0 Å². The van der Waals surface area contributed by atoms with E-state index in [9.17, 15) is 0 Å². The van der Waals surface area contributed by atoms with Gasteiger partial charge in [-0.1, -0.05) is 25.4 Å². The molecule has 0 amide bonds. The van der Waals surface area contributed by atoms with Crippen LogP contribution in [-0.4, -0.2) is 20.9 Å². The molecule has 1 unspecified atom stereocenters. The number of aromatic nitrogens is 3. The average molecular weight is 309 g/mol. The van der Waals surface area contributed by atoms with E-state index in [1.807, 2.05) is 11.7 Å². The maximum absolute atomic E-state index is 6.41. The Morgan fingerprint density at radius 1 is 1.38 bits per heavy atom. The molecule has 0 aliphatic rings. The highest BCUT2D eigenvalue weighted by Gasteiger charge is 2.14. The summed E-state index contributed by atoms with van der Waals surface area (Å²) in [6.45, 7) is 8.25. The van der Waals surface area contributed by atoms with Crippen LogP contribution < -0.4 is 5.32 Å². The number of nitrogens with zero attached hydrogens (tertiary/aromatic N) is 3. The Balaban J connectivity index is 2.11. The number of rotatable bonds is 7. The Kier molecular flexibility index (Phi) is 5.48. The molecule has 2 rings (SSSR count). The van der Waals surface area contributed by atoms with Crippen molar-refractivity contribution in [1.29, 1.82) is 0 Å². The number of nitrogens with one attached hydrogen (secondary N) is 1. The quantitative estimate of drug-likeness (QED) is 0.849. The second kappa shape index (κ2) is 7.14. The molecule has 1 atom stereocenters. The topological polar surface area (TPSA) is 34.8 Å². The minimum Gasteiger partial charge on any atom is -0.348 e. The molecule has 0 radical (unpaired) electrons. The van der Waals surface area contributed by atoms with E-state index in [0.29, 0.717) is 6.04 Å². The predicted molar refractivity (Wildman–Crippen MR) is 87.8 cm³/mol. The highest BCUT2D eigenvalue weighted by molar-refractivity contribution is 6.31. The van der Waals surface area contributed by atoms with E-state index in [-0.39, 0.29) is 0 Å². The molecule has 0 spiro atoms. The van der Waals surface area contributed by atoms with Crippen molar-refractivity contribution >= 4 is 11.6 Å². The molecule has 0 saturated carbocycles. The second-order valence-electron chi connectivity index (χ2n) is 5.48. The van der Waals surface area contributed by atoms with Crippen molar-refractivity contribution in [1.82, 2.24) is 19.7 Å². The van der Waals surface area contributed by atoms with E-state index in [0.717, 1.165) is 42.3 Å². The molecule has 21 heavy (non-hydrogen) atoms. The summed E-state index contributed by atoms with van der Waals surface area (Å²) in [5.41, 5.74) is 3.34. The van der Waals surface area contributed by atoms with Crippen molar-refractivity contribution in [2.24, 2.45) is 7.05 Å². The number of hydrogen-bond donors (Lipinski definition) is 1. The third-order valence-electron chi connectivity index (χ3n) is 3.81. The second-order valence-corrected chi connectivity index (χ2v) is 5.86. The van der Waals surface area contributed by atoms with E-state index in [4.69, 9.17) is 11.6 Å². The molecule has 5 heteroatoms. The third-order valence-corrected chi connectivity index (χ3v) is 4.25. The number of halogens is 1. The molecule has 4 nitrogen and oxygen atoms in total. The summed E-state index contributed by atoms with van der Waals surface area (Å²) >= 11 is 6.41. The van der Waals surface area contributed by atoms with E-state index >= 15 is 0 Å². The van der Waals surface area contributed by atoms with E-state index in [1.165, 1.54) is 5.56 Å². The predicted octanol–water partition coefficient (Wildman–Crippen LogP) is 3.55. The average Bonchev–Trinajstić information content (AvgIpc) is 3.04. The summed E-state index contributed by atoms with van der Waals surface area (Å²) < 4.78 is 4.06. The van der Waals surface area contributed by atoms with Crippen molar-refractivity contribution in [3.05, 3.63) is 40.4 Å². The first-order chi connectivity index (χ1) is 10.1. The molecule has 116 valence electrons. The lowest BCUT2D eigenvalue weighted by atomic mass is 10.2. The molecule has 0 aliphatic heterocycles. The largest absolute Gasteiger partial charge is 0.348 e. The van der Waals surface area contributed by atoms with Gasteiger partial charge in [-0.25, -0.2) is 0 Å². The molecular formula is C16H25ClN4. The zero-order valence-corrected chi connectivity index (χ0v) is 14.1. The van der Waals surface area contributed by atoms with E-state index < -0.39 is 0 Å². The first-order valence-electron chi connectivity index (χ1n) is 7.66. The molecule has 0 aliphatic carbocycles. The smallest absolute Gasteiger partial charge is 0.0868 e. The van der Waals surface area contributed by atoms with Crippen molar-refractivity contribution in [3.8, 4) is 0 Å². The van der Waals surface area contributed by atoms with Crippen LogP contribution in [0.2, 0.25) is 5.02 Å². The van der Waals surface area contributed by atoms with Crippen LogP contribution in [0.4, 0.5) is 0 Å². The first kappa shape index (κ1) is 16.1. The van der Waals surface area contributed by atoms with Crippen LogP contribution in [-0.2, 0) is 20.0 Å². The van der Waals surface area contributed by atoms with Gasteiger partial charge in [-0.15, -0.1) is 0 Å². The van der Waals surface area contributed by atoms with Gasteiger partial charge >= 0.3 is 0 Å². The fourth-order valence-corrected chi connectivity index (χ4v) is 2.81. The van der Waals surface area contributed by atoms with Crippen LogP contribution in [0, 0.1) is 0 Å². The molecule has 0 bridgehead atoms. The molecule has 0 saturated heterocycles. The van der Waals surface area contributed by atoms with E-state index in [1.54, 1.807) is 0 Å². The summed E-state index contributed by atoms with van der Waals surface area (Å²) in [4.78, 5) is 0. The minimum absolute atomic E-state index is 0.374. The van der Waals surface area contributed by atoms with Gasteiger partial charge in [0.15, 0.2) is 0 Å². The molecular weight excluding hydrogens is 284 g/mol. The molecule has 0 aromatic carbocycles. The maximum atomic E-state index is 6.41. The minimum atomic E-state index is 0.374. The fourth-order valence-electron chi connectivity index (χ4n) is 2.46. The van der Waals surface area contributed by atoms with Crippen molar-refractivity contribution in [3.63, 3.8) is 0 Å². The van der Waals surface area contributed by atoms with Crippen LogP contribution >= 0.6 is 11.6 Å². The van der Waals surface area contributed by atoms with Crippen LogP contribution in [0.25, 0.3) is 0 Å². The summed E-state index contributed by atoms with van der Waals surface area (Å²) in [6.07, 6.45) is 6.30. The SMILES string of the molecule is CCCNC(C)c1ccn(Cc2c(Cl)c(CC)nn2C)c1. The highest BCUT2D eigenvalue weighted by Crippen LogP contribution is 2.22. The Bertz CT molecular complexity index is 585. The Morgan fingerprint density at radius 3 is 2.76 bits per heavy atom. The monoisotopic (exact) mass is 308 g/mol. The molecule has 2 aromatic heterocycles. The van der Waals surface area contributed by atoms with Gasteiger partial charge in [0.1, 0.15) is 0 Å². The molecule has 2 aromatic rings. The lowest BCUT2D eigenvalue weighted by Gasteiger charge is -2.11. The van der Waals surface area contributed by atoms with Crippen LogP contribution in [0.1, 0.15) is 50.2 Å². The Hall–Kier alpha value is -1.26. The first-order valence-corrected chi connectivity index (χ1v) is 8.03. The Labute approximate surface area is 132 Å². The highest BCUT2D eigenvalue weighted by atomic mass is 35.5. The summed E-state index contributed by atoms with van der Waals surface area (Å²) in [5.74, 6) is 0. The normalized spacial score (nSPS) is 12.8. The number of hydrogen-bond acceptors (Lipinski definition) is 2. The van der Waals surface area contributed by atoms with Crippen molar-refractivity contribution in [2.45, 2.75) is 46.2 Å². The standard InChI is InChI=1S/C16H25ClN4/c1-5-8-18-12(3)13-7-9-21(10-13)11-15-16(17)14(6-2)19-20(15)4/h7,9-10,12,18H,5-6,8,11H2,1-4H3. The third kappa shape index (κ3) is 3.69. The van der Waals surface area contributed by atoms with Gasteiger partial charge in [-0.2, -0.15) is 5.10 Å². The molecule has 0 fully saturated rings. The lowest BCUT2D eigenvalue weighted by molar-refractivity contribution is 0.569. The Morgan fingerprint density at radius 2 is 2.14 bits per heavy atom. The van der Waals surface area contributed by atoms with Crippen LogP contribution in [0.15, 0.2) is 18.5 Å². The lowest BCUT2D eigenvalue weighted by Crippen LogP contribution is -2.18. The zero-order valence-electron chi connectivity index (χ0n) is 13.4. The van der Waals surface area contributed by atoms with Gasteiger partial charge in [0.25, 0.3) is 0 Å².